The molecule has 0 atom stereocenters. The van der Waals surface area contributed by atoms with Gasteiger partial charge in [0.1, 0.15) is 12.4 Å². The van der Waals surface area contributed by atoms with E-state index in [2.05, 4.69) is 5.16 Å². The van der Waals surface area contributed by atoms with Crippen LogP contribution >= 0.6 is 0 Å². The van der Waals surface area contributed by atoms with Crippen molar-refractivity contribution in [3.05, 3.63) is 71.3 Å². The summed E-state index contributed by atoms with van der Waals surface area (Å²) in [5.74, 6) is -0.0253. The summed E-state index contributed by atoms with van der Waals surface area (Å²) in [7, 11) is 0. The second-order valence-corrected chi connectivity index (χ2v) is 4.91. The van der Waals surface area contributed by atoms with Crippen LogP contribution in [0.4, 0.5) is 0 Å². The number of nitrogens with two attached hydrogens (primary N) is 2. The summed E-state index contributed by atoms with van der Waals surface area (Å²) < 4.78 is 0. The Morgan fingerprint density at radius 3 is 2.45 bits per heavy atom. The quantitative estimate of drug-likeness (QED) is 0.466. The predicted octanol–water partition coefficient (Wildman–Crippen LogP) is 2.21. The fourth-order valence-electron chi connectivity index (χ4n) is 1.97. The van der Waals surface area contributed by atoms with E-state index < -0.39 is 5.91 Å². The van der Waals surface area contributed by atoms with Crippen molar-refractivity contribution in [3.63, 3.8) is 0 Å². The zero-order valence-corrected chi connectivity index (χ0v) is 12.2. The minimum absolute atomic E-state index is 0.243. The van der Waals surface area contributed by atoms with Gasteiger partial charge in [0.15, 0.2) is 0 Å². The van der Waals surface area contributed by atoms with Crippen molar-refractivity contribution < 1.29 is 9.63 Å². The Labute approximate surface area is 129 Å². The zero-order chi connectivity index (χ0) is 15.8. The van der Waals surface area contributed by atoms with Crippen molar-refractivity contribution in [3.8, 4) is 0 Å². The Kier molecular flexibility index (Phi) is 5.54. The number of carbonyl (C=O) groups is 1. The number of primary amides is 1. The number of oxime groups is 1. The molecule has 2 aromatic rings. The van der Waals surface area contributed by atoms with E-state index in [-0.39, 0.29) is 6.61 Å². The van der Waals surface area contributed by atoms with Crippen LogP contribution in [-0.2, 0) is 17.9 Å². The van der Waals surface area contributed by atoms with Crippen molar-refractivity contribution in [2.45, 2.75) is 19.4 Å². The van der Waals surface area contributed by atoms with Gasteiger partial charge in [-0.15, -0.1) is 0 Å². The molecule has 0 heterocycles. The standard InChI is InChI=1S/C17H19N3O2/c18-16(10-9-13-5-2-1-3-6-13)20-22-12-14-7-4-8-15(11-14)17(19)21/h1-8,11H,9-10,12H2,(H2,18,20)(H2,19,21). The third kappa shape index (κ3) is 4.94. The van der Waals surface area contributed by atoms with E-state index in [9.17, 15) is 4.79 Å². The first-order valence-corrected chi connectivity index (χ1v) is 7.02. The largest absolute Gasteiger partial charge is 0.390 e. The van der Waals surface area contributed by atoms with Crippen LogP contribution < -0.4 is 11.5 Å². The van der Waals surface area contributed by atoms with Gasteiger partial charge in [0.2, 0.25) is 5.91 Å². The molecule has 5 nitrogen and oxygen atoms in total. The number of carbonyl (C=O) groups excluding carboxylic acids is 1. The molecule has 0 aliphatic carbocycles. The maximum absolute atomic E-state index is 11.1. The average molecular weight is 297 g/mol. The number of aryl methyl sites for hydroxylation is 1. The molecule has 0 aliphatic heterocycles. The van der Waals surface area contributed by atoms with Crippen molar-refractivity contribution in [1.29, 1.82) is 0 Å². The molecule has 0 fully saturated rings. The van der Waals surface area contributed by atoms with Crippen LogP contribution in [0.2, 0.25) is 0 Å². The van der Waals surface area contributed by atoms with Gasteiger partial charge in [0.25, 0.3) is 0 Å². The summed E-state index contributed by atoms with van der Waals surface area (Å²) in [6.45, 7) is 0.243. The fraction of sp³-hybridized carbons (Fsp3) is 0.176. The lowest BCUT2D eigenvalue weighted by Crippen LogP contribution is -2.13. The van der Waals surface area contributed by atoms with Crippen molar-refractivity contribution in [2.75, 3.05) is 0 Å². The molecule has 0 saturated carbocycles. The second kappa shape index (κ2) is 7.83. The van der Waals surface area contributed by atoms with Gasteiger partial charge in [0.05, 0.1) is 0 Å². The third-order valence-electron chi connectivity index (χ3n) is 3.14. The Balaban J connectivity index is 1.81. The lowest BCUT2D eigenvalue weighted by molar-refractivity contribution is 0.0999. The van der Waals surface area contributed by atoms with Crippen LogP contribution in [0, 0.1) is 0 Å². The monoisotopic (exact) mass is 297 g/mol. The Bertz CT molecular complexity index is 654. The van der Waals surface area contributed by atoms with Gasteiger partial charge >= 0.3 is 0 Å². The molecule has 0 aliphatic rings. The van der Waals surface area contributed by atoms with E-state index in [1.54, 1.807) is 18.2 Å². The van der Waals surface area contributed by atoms with Crippen molar-refractivity contribution in [1.82, 2.24) is 0 Å². The van der Waals surface area contributed by atoms with E-state index in [0.717, 1.165) is 12.0 Å². The molecule has 2 rings (SSSR count). The third-order valence-corrected chi connectivity index (χ3v) is 3.14. The van der Waals surface area contributed by atoms with Crippen molar-refractivity contribution in [2.24, 2.45) is 16.6 Å². The van der Waals surface area contributed by atoms with Crippen LogP contribution in [0.25, 0.3) is 0 Å². The number of hydrogen-bond acceptors (Lipinski definition) is 3. The lowest BCUT2D eigenvalue weighted by Gasteiger charge is -2.04. The summed E-state index contributed by atoms with van der Waals surface area (Å²) in [5.41, 5.74) is 13.5. The summed E-state index contributed by atoms with van der Waals surface area (Å²) in [4.78, 5) is 16.3. The van der Waals surface area contributed by atoms with E-state index >= 15 is 0 Å². The van der Waals surface area contributed by atoms with Gasteiger partial charge in [0, 0.05) is 12.0 Å². The van der Waals surface area contributed by atoms with Gasteiger partial charge in [-0.3, -0.25) is 4.79 Å². The average Bonchev–Trinajstić information content (AvgIpc) is 2.54. The summed E-state index contributed by atoms with van der Waals surface area (Å²) >= 11 is 0. The highest BCUT2D eigenvalue weighted by molar-refractivity contribution is 5.92. The molecule has 0 aromatic heterocycles. The van der Waals surface area contributed by atoms with Gasteiger partial charge < -0.3 is 16.3 Å². The van der Waals surface area contributed by atoms with Crippen LogP contribution in [0.1, 0.15) is 27.9 Å². The number of amides is 1. The number of amidine groups is 1. The summed E-state index contributed by atoms with van der Waals surface area (Å²) in [5, 5.41) is 3.89. The summed E-state index contributed by atoms with van der Waals surface area (Å²) in [6, 6.07) is 17.0. The molecular formula is C17H19N3O2. The maximum atomic E-state index is 11.1. The molecule has 114 valence electrons. The van der Waals surface area contributed by atoms with Crippen LogP contribution in [-0.4, -0.2) is 11.7 Å². The number of benzene rings is 2. The molecule has 22 heavy (non-hydrogen) atoms. The van der Waals surface area contributed by atoms with E-state index in [4.69, 9.17) is 16.3 Å². The fourth-order valence-corrected chi connectivity index (χ4v) is 1.97. The zero-order valence-electron chi connectivity index (χ0n) is 12.2. The first kappa shape index (κ1) is 15.6. The Morgan fingerprint density at radius 1 is 1.00 bits per heavy atom. The smallest absolute Gasteiger partial charge is 0.248 e. The van der Waals surface area contributed by atoms with Crippen LogP contribution in [0.3, 0.4) is 0 Å². The van der Waals surface area contributed by atoms with Gasteiger partial charge in [-0.2, -0.15) is 0 Å². The van der Waals surface area contributed by atoms with Gasteiger partial charge in [-0.1, -0.05) is 47.6 Å². The topological polar surface area (TPSA) is 90.7 Å². The first-order valence-electron chi connectivity index (χ1n) is 7.02. The highest BCUT2D eigenvalue weighted by Crippen LogP contribution is 2.07. The Morgan fingerprint density at radius 2 is 1.73 bits per heavy atom. The van der Waals surface area contributed by atoms with Gasteiger partial charge in [-0.05, 0) is 29.7 Å². The highest BCUT2D eigenvalue weighted by atomic mass is 16.6. The molecule has 0 bridgehead atoms. The minimum Gasteiger partial charge on any atom is -0.390 e. The maximum Gasteiger partial charge on any atom is 0.248 e. The molecule has 2 aromatic carbocycles. The molecule has 0 spiro atoms. The molecule has 4 N–H and O–H groups in total. The first-order chi connectivity index (χ1) is 10.6. The second-order valence-electron chi connectivity index (χ2n) is 4.91. The summed E-state index contributed by atoms with van der Waals surface area (Å²) in [6.07, 6.45) is 1.45. The number of rotatable bonds is 7. The molecule has 1 amide bonds. The number of hydrogen-bond donors (Lipinski definition) is 2. The normalized spacial score (nSPS) is 11.2. The SMILES string of the molecule is NC(=O)c1cccc(CO/N=C(\N)CCc2ccccc2)c1. The highest BCUT2D eigenvalue weighted by Gasteiger charge is 2.02. The molecule has 0 saturated heterocycles. The van der Waals surface area contributed by atoms with Crippen molar-refractivity contribution >= 4 is 11.7 Å². The molecular weight excluding hydrogens is 278 g/mol. The molecule has 0 unspecified atom stereocenters. The van der Waals surface area contributed by atoms with Crippen LogP contribution in [0.15, 0.2) is 59.8 Å². The molecule has 0 radical (unpaired) electrons. The molecule has 5 heteroatoms. The van der Waals surface area contributed by atoms with E-state index in [1.165, 1.54) is 5.56 Å². The minimum atomic E-state index is -0.465. The van der Waals surface area contributed by atoms with E-state index in [0.29, 0.717) is 17.8 Å². The van der Waals surface area contributed by atoms with E-state index in [1.807, 2.05) is 36.4 Å². The lowest BCUT2D eigenvalue weighted by atomic mass is 10.1. The van der Waals surface area contributed by atoms with Crippen LogP contribution in [0.5, 0.6) is 0 Å². The Hall–Kier alpha value is -2.82. The predicted molar refractivity (Wildman–Crippen MR) is 86.1 cm³/mol. The van der Waals surface area contributed by atoms with Gasteiger partial charge in [-0.25, -0.2) is 0 Å². The number of nitrogens with zero attached hydrogens (tertiary/aromatic N) is 1.